The second kappa shape index (κ2) is 5.04. The zero-order valence-corrected chi connectivity index (χ0v) is 9.05. The smallest absolute Gasteiger partial charge is 0.363 e. The lowest BCUT2D eigenvalue weighted by atomic mass is 10.2. The molecule has 0 saturated carbocycles. The number of rotatable bonds is 3. The molecule has 0 aliphatic rings. The third-order valence-electron chi connectivity index (χ3n) is 2.19. The summed E-state index contributed by atoms with van der Waals surface area (Å²) in [6.07, 6.45) is -4.35. The highest BCUT2D eigenvalue weighted by atomic mass is 19.4. The summed E-state index contributed by atoms with van der Waals surface area (Å²) in [6, 6.07) is 5.02. The van der Waals surface area contributed by atoms with E-state index in [1.807, 2.05) is 0 Å². The van der Waals surface area contributed by atoms with Crippen molar-refractivity contribution >= 4 is 5.69 Å². The Morgan fingerprint density at radius 3 is 2.41 bits per heavy atom. The number of benzene rings is 1. The zero-order chi connectivity index (χ0) is 13.1. The van der Waals surface area contributed by atoms with Crippen molar-refractivity contribution in [3.63, 3.8) is 0 Å². The first-order valence-corrected chi connectivity index (χ1v) is 4.88. The van der Waals surface area contributed by atoms with Crippen molar-refractivity contribution in [2.45, 2.75) is 13.1 Å². The summed E-state index contributed by atoms with van der Waals surface area (Å²) in [6.45, 7) is 0.502. The molecule has 0 heterocycles. The van der Waals surface area contributed by atoms with Crippen molar-refractivity contribution in [2.75, 3.05) is 18.0 Å². The van der Waals surface area contributed by atoms with Crippen LogP contribution in [0.1, 0.15) is 12.5 Å². The van der Waals surface area contributed by atoms with E-state index in [-0.39, 0.29) is 17.8 Å². The van der Waals surface area contributed by atoms with Gasteiger partial charge in [-0.25, -0.2) is 4.39 Å². The molecule has 0 unspecified atom stereocenters. The fraction of sp³-hybridized carbons (Fsp3) is 0.364. The van der Waals surface area contributed by atoms with Gasteiger partial charge in [-0.05, 0) is 25.1 Å². The van der Waals surface area contributed by atoms with Crippen LogP contribution in [0.5, 0.6) is 0 Å². The van der Waals surface area contributed by atoms with E-state index < -0.39 is 18.5 Å². The number of hydrogen-bond acceptors (Lipinski definition) is 2. The number of hydrogen-bond donors (Lipinski definition) is 0. The molecule has 17 heavy (non-hydrogen) atoms. The lowest BCUT2D eigenvalue weighted by Gasteiger charge is -2.24. The van der Waals surface area contributed by atoms with Gasteiger partial charge in [0.1, 0.15) is 18.4 Å². The van der Waals surface area contributed by atoms with Gasteiger partial charge in [0.25, 0.3) is 0 Å². The van der Waals surface area contributed by atoms with Crippen molar-refractivity contribution < 1.29 is 17.6 Å². The highest BCUT2D eigenvalue weighted by Crippen LogP contribution is 2.23. The predicted octanol–water partition coefficient (Wildman–Crippen LogP) is 3.09. The van der Waals surface area contributed by atoms with Gasteiger partial charge in [-0.1, -0.05) is 0 Å². The lowest BCUT2D eigenvalue weighted by Crippen LogP contribution is -2.34. The third-order valence-corrected chi connectivity index (χ3v) is 2.19. The molecule has 1 aromatic carbocycles. The molecule has 1 aromatic rings. The van der Waals surface area contributed by atoms with Crippen LogP contribution in [0.3, 0.4) is 0 Å². The number of alkyl halides is 3. The Labute approximate surface area is 96.1 Å². The maximum Gasteiger partial charge on any atom is 0.405 e. The van der Waals surface area contributed by atoms with Crippen molar-refractivity contribution in [3.05, 3.63) is 29.6 Å². The first-order chi connectivity index (χ1) is 7.87. The molecule has 0 spiro atoms. The highest BCUT2D eigenvalue weighted by molar-refractivity contribution is 5.50. The van der Waals surface area contributed by atoms with Crippen LogP contribution in [-0.4, -0.2) is 19.3 Å². The summed E-state index contributed by atoms with van der Waals surface area (Å²) in [5.74, 6) is -0.814. The van der Waals surface area contributed by atoms with Gasteiger partial charge in [-0.3, -0.25) is 0 Å². The Kier molecular flexibility index (Phi) is 3.94. The Morgan fingerprint density at radius 1 is 1.35 bits per heavy atom. The molecule has 1 rings (SSSR count). The Bertz CT molecular complexity index is 434. The first kappa shape index (κ1) is 13.3. The molecule has 0 aliphatic carbocycles. The minimum absolute atomic E-state index is 0.102. The quantitative estimate of drug-likeness (QED) is 0.766. The van der Waals surface area contributed by atoms with Gasteiger partial charge >= 0.3 is 6.18 Å². The van der Waals surface area contributed by atoms with Crippen molar-refractivity contribution in [1.82, 2.24) is 0 Å². The van der Waals surface area contributed by atoms with Crippen molar-refractivity contribution in [2.24, 2.45) is 0 Å². The van der Waals surface area contributed by atoms with E-state index in [0.29, 0.717) is 0 Å². The molecule has 0 aliphatic heterocycles. The molecule has 0 saturated heterocycles. The molecule has 0 atom stereocenters. The second-order valence-corrected chi connectivity index (χ2v) is 3.41. The van der Waals surface area contributed by atoms with Crippen LogP contribution >= 0.6 is 0 Å². The number of halogens is 4. The average Bonchev–Trinajstić information content (AvgIpc) is 2.24. The largest absolute Gasteiger partial charge is 0.405 e. The molecule has 0 aromatic heterocycles. The van der Waals surface area contributed by atoms with E-state index in [0.717, 1.165) is 11.0 Å². The van der Waals surface area contributed by atoms with Gasteiger partial charge in [0, 0.05) is 12.2 Å². The SMILES string of the molecule is CCN(CC(F)(F)F)c1ccc(C#N)c(F)c1. The minimum Gasteiger partial charge on any atom is -0.363 e. The molecule has 0 radical (unpaired) electrons. The normalized spacial score (nSPS) is 11.1. The average molecular weight is 246 g/mol. The predicted molar refractivity (Wildman–Crippen MR) is 55.1 cm³/mol. The van der Waals surface area contributed by atoms with E-state index in [2.05, 4.69) is 0 Å². The molecule has 0 N–H and O–H groups in total. The highest BCUT2D eigenvalue weighted by Gasteiger charge is 2.30. The molecule has 0 bridgehead atoms. The van der Waals surface area contributed by atoms with E-state index in [1.54, 1.807) is 13.0 Å². The van der Waals surface area contributed by atoms with Crippen LogP contribution in [-0.2, 0) is 0 Å². The van der Waals surface area contributed by atoms with Gasteiger partial charge in [0.05, 0.1) is 5.56 Å². The fourth-order valence-electron chi connectivity index (χ4n) is 1.39. The number of nitriles is 1. The minimum atomic E-state index is -4.35. The molecule has 92 valence electrons. The van der Waals surface area contributed by atoms with Crippen LogP contribution < -0.4 is 4.90 Å². The Balaban J connectivity index is 2.98. The topological polar surface area (TPSA) is 27.0 Å². The van der Waals surface area contributed by atoms with Gasteiger partial charge in [0.2, 0.25) is 0 Å². The van der Waals surface area contributed by atoms with E-state index in [1.165, 1.54) is 12.1 Å². The molecule has 0 amide bonds. The van der Waals surface area contributed by atoms with Crippen molar-refractivity contribution in [1.29, 1.82) is 5.26 Å². The second-order valence-electron chi connectivity index (χ2n) is 3.41. The lowest BCUT2D eigenvalue weighted by molar-refractivity contribution is -0.119. The van der Waals surface area contributed by atoms with Crippen LogP contribution in [0.2, 0.25) is 0 Å². The number of anilines is 1. The first-order valence-electron chi connectivity index (χ1n) is 4.88. The summed E-state index contributed by atoms with van der Waals surface area (Å²) >= 11 is 0. The van der Waals surface area contributed by atoms with Crippen LogP contribution in [0.15, 0.2) is 18.2 Å². The van der Waals surface area contributed by atoms with Gasteiger partial charge in [0.15, 0.2) is 0 Å². The van der Waals surface area contributed by atoms with Gasteiger partial charge < -0.3 is 4.90 Å². The molecular weight excluding hydrogens is 236 g/mol. The van der Waals surface area contributed by atoms with E-state index in [9.17, 15) is 17.6 Å². The van der Waals surface area contributed by atoms with Gasteiger partial charge in [-0.15, -0.1) is 0 Å². The van der Waals surface area contributed by atoms with E-state index in [4.69, 9.17) is 5.26 Å². The van der Waals surface area contributed by atoms with Crippen LogP contribution in [0, 0.1) is 17.1 Å². The summed E-state index contributed by atoms with van der Waals surface area (Å²) < 4.78 is 50.0. The monoisotopic (exact) mass is 246 g/mol. The molecular formula is C11H10F4N2. The van der Waals surface area contributed by atoms with Crippen molar-refractivity contribution in [3.8, 4) is 6.07 Å². The zero-order valence-electron chi connectivity index (χ0n) is 9.05. The Morgan fingerprint density at radius 2 is 2.00 bits per heavy atom. The summed E-state index contributed by atoms with van der Waals surface area (Å²) in [4.78, 5) is 0.990. The standard InChI is InChI=1S/C11H10F4N2/c1-2-17(7-11(13,14)15)9-4-3-8(6-16)10(12)5-9/h3-5H,2,7H2,1H3. The molecule has 0 fully saturated rings. The maximum absolute atomic E-state index is 13.2. The van der Waals surface area contributed by atoms with Crippen LogP contribution in [0.25, 0.3) is 0 Å². The van der Waals surface area contributed by atoms with E-state index >= 15 is 0 Å². The maximum atomic E-state index is 13.2. The fourth-order valence-corrected chi connectivity index (χ4v) is 1.39. The third kappa shape index (κ3) is 3.63. The summed E-state index contributed by atoms with van der Waals surface area (Å²) in [5, 5.41) is 8.51. The number of nitrogens with zero attached hydrogens (tertiary/aromatic N) is 2. The Hall–Kier alpha value is -1.77. The van der Waals surface area contributed by atoms with Crippen LogP contribution in [0.4, 0.5) is 23.2 Å². The van der Waals surface area contributed by atoms with Gasteiger partial charge in [-0.2, -0.15) is 18.4 Å². The molecule has 6 heteroatoms. The molecule has 2 nitrogen and oxygen atoms in total. The summed E-state index contributed by atoms with van der Waals surface area (Å²) in [7, 11) is 0. The summed E-state index contributed by atoms with van der Waals surface area (Å²) in [5.41, 5.74) is -0.0712.